The lowest BCUT2D eigenvalue weighted by atomic mass is 10.1. The van der Waals surface area contributed by atoms with Gasteiger partial charge in [0.1, 0.15) is 5.82 Å². The molecule has 0 fully saturated rings. The van der Waals surface area contributed by atoms with Crippen LogP contribution in [0.1, 0.15) is 23.1 Å². The van der Waals surface area contributed by atoms with Crippen LogP contribution in [0.3, 0.4) is 0 Å². The van der Waals surface area contributed by atoms with Crippen LogP contribution in [0.15, 0.2) is 48.5 Å². The molecule has 0 aliphatic carbocycles. The fourth-order valence-electron chi connectivity index (χ4n) is 2.52. The van der Waals surface area contributed by atoms with E-state index in [1.807, 2.05) is 48.5 Å². The van der Waals surface area contributed by atoms with Gasteiger partial charge in [0.05, 0.1) is 17.5 Å². The molecule has 0 amide bonds. The van der Waals surface area contributed by atoms with Gasteiger partial charge in [0, 0.05) is 15.7 Å². The fraction of sp³-hybridized carbons (Fsp3) is 0.176. The van der Waals surface area contributed by atoms with Gasteiger partial charge in [0.15, 0.2) is 5.78 Å². The molecule has 0 N–H and O–H groups in total. The number of benzene rings is 2. The molecule has 1 aromatic heterocycles. The molecule has 3 rings (SSSR count). The summed E-state index contributed by atoms with van der Waals surface area (Å²) in [7, 11) is 0. The van der Waals surface area contributed by atoms with Crippen molar-refractivity contribution in [1.82, 2.24) is 9.55 Å². The number of fused-ring (bicyclic) bond motifs is 1. The average Bonchev–Trinajstić information content (AvgIpc) is 2.84. The predicted octanol–water partition coefficient (Wildman–Crippen LogP) is 4.09. The normalized spacial score (nSPS) is 11.0. The van der Waals surface area contributed by atoms with Crippen LogP contribution < -0.4 is 0 Å². The van der Waals surface area contributed by atoms with Crippen LogP contribution >= 0.6 is 22.6 Å². The number of Topliss-reactive ketones (excluding diaryl/α,β-unsaturated/α-hetero) is 1. The lowest BCUT2D eigenvalue weighted by Gasteiger charge is -2.06. The number of imidazole rings is 1. The number of para-hydroxylation sites is 2. The second-order valence-corrected chi connectivity index (χ2v) is 6.12. The number of halogens is 1. The smallest absolute Gasteiger partial charge is 0.170 e. The van der Waals surface area contributed by atoms with Gasteiger partial charge in [-0.1, -0.05) is 24.3 Å². The van der Waals surface area contributed by atoms with E-state index in [9.17, 15) is 4.79 Å². The third-order valence-corrected chi connectivity index (χ3v) is 4.19. The van der Waals surface area contributed by atoms with Gasteiger partial charge in [-0.3, -0.25) is 4.79 Å². The van der Waals surface area contributed by atoms with Crippen LogP contribution in [-0.4, -0.2) is 15.3 Å². The van der Waals surface area contributed by atoms with Crippen LogP contribution in [-0.2, 0) is 13.0 Å². The van der Waals surface area contributed by atoms with E-state index in [4.69, 9.17) is 0 Å². The van der Waals surface area contributed by atoms with Crippen LogP contribution in [0.25, 0.3) is 11.0 Å². The molecular weight excluding hydrogens is 375 g/mol. The van der Waals surface area contributed by atoms with E-state index < -0.39 is 0 Å². The monoisotopic (exact) mass is 390 g/mol. The standard InChI is InChI=1S/C17H15IN2O/c1-2-20-15-9-4-3-8-14(15)19-17(20)11-16(21)12-6-5-7-13(18)10-12/h3-10H,2,11H2,1H3. The molecule has 0 saturated heterocycles. The zero-order valence-corrected chi connectivity index (χ0v) is 13.9. The van der Waals surface area contributed by atoms with Crippen molar-refractivity contribution < 1.29 is 4.79 Å². The van der Waals surface area contributed by atoms with Gasteiger partial charge in [0.2, 0.25) is 0 Å². The minimum atomic E-state index is 0.110. The fourth-order valence-corrected chi connectivity index (χ4v) is 3.06. The van der Waals surface area contributed by atoms with Gasteiger partial charge in [-0.2, -0.15) is 0 Å². The number of aryl methyl sites for hydroxylation is 1. The average molecular weight is 390 g/mol. The molecular formula is C17H15IN2O. The Bertz CT molecular complexity index is 807. The molecule has 21 heavy (non-hydrogen) atoms. The Hall–Kier alpha value is -1.69. The van der Waals surface area contributed by atoms with E-state index in [0.29, 0.717) is 6.42 Å². The van der Waals surface area contributed by atoms with Gasteiger partial charge >= 0.3 is 0 Å². The summed E-state index contributed by atoms with van der Waals surface area (Å²) in [5, 5.41) is 0. The predicted molar refractivity (Wildman–Crippen MR) is 92.6 cm³/mol. The Morgan fingerprint density at radius 2 is 2.00 bits per heavy atom. The van der Waals surface area contributed by atoms with Crippen molar-refractivity contribution in [3.8, 4) is 0 Å². The maximum Gasteiger partial charge on any atom is 0.170 e. The highest BCUT2D eigenvalue weighted by atomic mass is 127. The number of ketones is 1. The Morgan fingerprint density at radius 3 is 2.76 bits per heavy atom. The zero-order valence-electron chi connectivity index (χ0n) is 11.7. The van der Waals surface area contributed by atoms with Crippen LogP contribution in [0.2, 0.25) is 0 Å². The van der Waals surface area contributed by atoms with Crippen molar-refractivity contribution in [2.24, 2.45) is 0 Å². The van der Waals surface area contributed by atoms with Crippen molar-refractivity contribution in [2.45, 2.75) is 19.9 Å². The Kier molecular flexibility index (Phi) is 4.05. The Balaban J connectivity index is 1.96. The van der Waals surface area contributed by atoms with Crippen molar-refractivity contribution in [3.63, 3.8) is 0 Å². The minimum absolute atomic E-state index is 0.110. The zero-order chi connectivity index (χ0) is 14.8. The van der Waals surface area contributed by atoms with E-state index in [1.54, 1.807) is 0 Å². The molecule has 106 valence electrons. The first-order valence-corrected chi connectivity index (χ1v) is 8.00. The SMILES string of the molecule is CCn1c(CC(=O)c2cccc(I)c2)nc2ccccc21. The number of hydrogen-bond donors (Lipinski definition) is 0. The van der Waals surface area contributed by atoms with E-state index in [2.05, 4.69) is 39.1 Å². The van der Waals surface area contributed by atoms with E-state index in [-0.39, 0.29) is 5.78 Å². The lowest BCUT2D eigenvalue weighted by molar-refractivity contribution is 0.0990. The van der Waals surface area contributed by atoms with E-state index >= 15 is 0 Å². The number of hydrogen-bond acceptors (Lipinski definition) is 2. The molecule has 0 aliphatic heterocycles. The summed E-state index contributed by atoms with van der Waals surface area (Å²) in [6, 6.07) is 15.7. The largest absolute Gasteiger partial charge is 0.328 e. The molecule has 4 heteroatoms. The molecule has 0 atom stereocenters. The molecule has 2 aromatic carbocycles. The van der Waals surface area contributed by atoms with Crippen molar-refractivity contribution in [2.75, 3.05) is 0 Å². The van der Waals surface area contributed by atoms with Crippen molar-refractivity contribution in [3.05, 3.63) is 63.5 Å². The van der Waals surface area contributed by atoms with Crippen molar-refractivity contribution in [1.29, 1.82) is 0 Å². The van der Waals surface area contributed by atoms with Crippen LogP contribution in [0.5, 0.6) is 0 Å². The molecule has 3 nitrogen and oxygen atoms in total. The summed E-state index contributed by atoms with van der Waals surface area (Å²) >= 11 is 2.22. The second kappa shape index (κ2) is 5.97. The third-order valence-electron chi connectivity index (χ3n) is 3.52. The Morgan fingerprint density at radius 1 is 1.19 bits per heavy atom. The number of nitrogens with zero attached hydrogens (tertiary/aromatic N) is 2. The highest BCUT2D eigenvalue weighted by Crippen LogP contribution is 2.18. The van der Waals surface area contributed by atoms with E-state index in [1.165, 1.54) is 0 Å². The molecule has 0 spiro atoms. The third kappa shape index (κ3) is 2.85. The molecule has 1 heterocycles. The minimum Gasteiger partial charge on any atom is -0.328 e. The van der Waals surface area contributed by atoms with Crippen molar-refractivity contribution >= 4 is 39.4 Å². The number of rotatable bonds is 4. The van der Waals surface area contributed by atoms with Crippen LogP contribution in [0.4, 0.5) is 0 Å². The van der Waals surface area contributed by atoms with Gasteiger partial charge in [-0.25, -0.2) is 4.98 Å². The topological polar surface area (TPSA) is 34.9 Å². The van der Waals surface area contributed by atoms with Gasteiger partial charge in [-0.05, 0) is 53.8 Å². The summed E-state index contributed by atoms with van der Waals surface area (Å²) in [6.07, 6.45) is 0.336. The van der Waals surface area contributed by atoms with Gasteiger partial charge in [-0.15, -0.1) is 0 Å². The first-order valence-electron chi connectivity index (χ1n) is 6.92. The summed E-state index contributed by atoms with van der Waals surface area (Å²) in [4.78, 5) is 17.1. The highest BCUT2D eigenvalue weighted by molar-refractivity contribution is 14.1. The quantitative estimate of drug-likeness (QED) is 0.497. The van der Waals surface area contributed by atoms with E-state index in [0.717, 1.165) is 32.5 Å². The van der Waals surface area contributed by atoms with Gasteiger partial charge in [0.25, 0.3) is 0 Å². The lowest BCUT2D eigenvalue weighted by Crippen LogP contribution is -2.10. The highest BCUT2D eigenvalue weighted by Gasteiger charge is 2.14. The molecule has 0 aliphatic rings. The number of carbonyl (C=O) groups is 1. The number of aromatic nitrogens is 2. The summed E-state index contributed by atoms with van der Waals surface area (Å²) < 4.78 is 3.18. The summed E-state index contributed by atoms with van der Waals surface area (Å²) in [6.45, 7) is 2.89. The first-order chi connectivity index (χ1) is 10.2. The van der Waals surface area contributed by atoms with Crippen LogP contribution in [0, 0.1) is 3.57 Å². The second-order valence-electron chi connectivity index (χ2n) is 4.87. The summed E-state index contributed by atoms with van der Waals surface area (Å²) in [5.41, 5.74) is 2.78. The molecule has 0 bridgehead atoms. The molecule has 3 aromatic rings. The number of carbonyl (C=O) groups excluding carboxylic acids is 1. The van der Waals surface area contributed by atoms with Gasteiger partial charge < -0.3 is 4.57 Å². The molecule has 0 radical (unpaired) electrons. The Labute approximate surface area is 137 Å². The first kappa shape index (κ1) is 14.3. The molecule has 0 saturated carbocycles. The maximum atomic E-state index is 12.5. The molecule has 0 unspecified atom stereocenters. The maximum absolute atomic E-state index is 12.5. The summed E-state index contributed by atoms with van der Waals surface area (Å²) in [5.74, 6) is 0.945.